The molecular weight excluding hydrogens is 280 g/mol. The van der Waals surface area contributed by atoms with Gasteiger partial charge in [0.1, 0.15) is 0 Å². The van der Waals surface area contributed by atoms with Gasteiger partial charge in [-0.25, -0.2) is 0 Å². The lowest BCUT2D eigenvalue weighted by molar-refractivity contribution is -0.118. The molecule has 2 N–H and O–H groups in total. The molecule has 0 saturated carbocycles. The zero-order valence-corrected chi connectivity index (χ0v) is 13.3. The van der Waals surface area contributed by atoms with E-state index in [1.807, 2.05) is 31.2 Å². The lowest BCUT2D eigenvalue weighted by atomic mass is 10.1. The maximum atomic E-state index is 12.0. The van der Waals surface area contributed by atoms with Crippen LogP contribution in [0.3, 0.4) is 0 Å². The molecule has 1 aliphatic rings. The number of rotatable bonds is 7. The molecule has 0 radical (unpaired) electrons. The molecule has 5 nitrogen and oxygen atoms in total. The molecule has 0 bridgehead atoms. The summed E-state index contributed by atoms with van der Waals surface area (Å²) in [4.78, 5) is 14.2. The van der Waals surface area contributed by atoms with Crippen molar-refractivity contribution in [3.8, 4) is 0 Å². The number of carbonyl (C=O) groups excluding carboxylic acids is 1. The van der Waals surface area contributed by atoms with Crippen molar-refractivity contribution in [2.75, 3.05) is 38.2 Å². The van der Waals surface area contributed by atoms with Gasteiger partial charge in [0.2, 0.25) is 5.91 Å². The number of benzene rings is 1. The van der Waals surface area contributed by atoms with E-state index in [1.54, 1.807) is 0 Å². The summed E-state index contributed by atoms with van der Waals surface area (Å²) in [5.41, 5.74) is 2.03. The zero-order valence-electron chi connectivity index (χ0n) is 13.3. The van der Waals surface area contributed by atoms with Gasteiger partial charge in [0.15, 0.2) is 0 Å². The third kappa shape index (κ3) is 5.75. The van der Waals surface area contributed by atoms with Crippen LogP contribution in [0.25, 0.3) is 0 Å². The molecule has 5 heteroatoms. The molecular formula is C17H26N2O3. The summed E-state index contributed by atoms with van der Waals surface area (Å²) in [6, 6.07) is 7.83. The van der Waals surface area contributed by atoms with Crippen molar-refractivity contribution in [2.24, 2.45) is 0 Å². The first-order valence-electron chi connectivity index (χ1n) is 7.98. The Bertz CT molecular complexity index is 453. The van der Waals surface area contributed by atoms with E-state index in [0.717, 1.165) is 31.6 Å². The molecule has 1 heterocycles. The van der Waals surface area contributed by atoms with E-state index in [0.29, 0.717) is 19.6 Å². The highest BCUT2D eigenvalue weighted by atomic mass is 16.5. The summed E-state index contributed by atoms with van der Waals surface area (Å²) in [6.07, 6.45) is 2.86. The zero-order chi connectivity index (χ0) is 15.8. The number of nitrogens with one attached hydrogen (secondary N) is 1. The Labute approximate surface area is 132 Å². The fraction of sp³-hybridized carbons (Fsp3) is 0.588. The molecule has 122 valence electrons. The fourth-order valence-electron chi connectivity index (χ4n) is 2.59. The van der Waals surface area contributed by atoms with Crippen LogP contribution in [0.5, 0.6) is 0 Å². The van der Waals surface area contributed by atoms with Crippen molar-refractivity contribution in [1.29, 1.82) is 0 Å². The van der Waals surface area contributed by atoms with Crippen molar-refractivity contribution < 1.29 is 14.6 Å². The standard InChI is InChI=1S/C17H26N2O3/c1-14-3-5-15(6-4-14)18-17(21)13-19-9-7-16(8-10-19)22-12-2-11-20/h3-6,16,20H,2,7-13H2,1H3,(H,18,21). The van der Waals surface area contributed by atoms with Crippen LogP contribution in [-0.4, -0.2) is 54.9 Å². The summed E-state index contributed by atoms with van der Waals surface area (Å²) in [5, 5.41) is 11.7. The number of hydrogen-bond donors (Lipinski definition) is 2. The number of carbonyl (C=O) groups is 1. The highest BCUT2D eigenvalue weighted by Gasteiger charge is 2.21. The van der Waals surface area contributed by atoms with Crippen LogP contribution < -0.4 is 5.32 Å². The third-order valence-corrected chi connectivity index (χ3v) is 3.89. The first-order valence-corrected chi connectivity index (χ1v) is 7.98. The lowest BCUT2D eigenvalue weighted by Gasteiger charge is -2.31. The molecule has 2 rings (SSSR count). The number of aryl methyl sites for hydroxylation is 1. The number of hydrogen-bond acceptors (Lipinski definition) is 4. The van der Waals surface area contributed by atoms with E-state index in [9.17, 15) is 4.79 Å². The quantitative estimate of drug-likeness (QED) is 0.754. The minimum Gasteiger partial charge on any atom is -0.396 e. The minimum atomic E-state index is 0.0310. The van der Waals surface area contributed by atoms with Crippen LogP contribution >= 0.6 is 0 Å². The van der Waals surface area contributed by atoms with E-state index >= 15 is 0 Å². The second-order valence-corrected chi connectivity index (χ2v) is 5.84. The van der Waals surface area contributed by atoms with Crippen LogP contribution in [0.2, 0.25) is 0 Å². The molecule has 1 aromatic carbocycles. The SMILES string of the molecule is Cc1ccc(NC(=O)CN2CCC(OCCCO)CC2)cc1. The molecule has 0 unspecified atom stereocenters. The maximum Gasteiger partial charge on any atom is 0.238 e. The highest BCUT2D eigenvalue weighted by molar-refractivity contribution is 5.92. The Hall–Kier alpha value is -1.43. The Morgan fingerprint density at radius 2 is 2.00 bits per heavy atom. The predicted octanol–water partition coefficient (Wildman–Crippen LogP) is 1.80. The van der Waals surface area contributed by atoms with E-state index in [-0.39, 0.29) is 18.6 Å². The summed E-state index contributed by atoms with van der Waals surface area (Å²) < 4.78 is 5.70. The number of aliphatic hydroxyl groups is 1. The van der Waals surface area contributed by atoms with Gasteiger partial charge < -0.3 is 15.2 Å². The summed E-state index contributed by atoms with van der Waals surface area (Å²) in [6.45, 7) is 5.01. The van der Waals surface area contributed by atoms with Crippen LogP contribution in [0.1, 0.15) is 24.8 Å². The molecule has 22 heavy (non-hydrogen) atoms. The van der Waals surface area contributed by atoms with Crippen molar-refractivity contribution in [3.63, 3.8) is 0 Å². The predicted molar refractivity (Wildman–Crippen MR) is 86.9 cm³/mol. The number of aliphatic hydroxyl groups excluding tert-OH is 1. The topological polar surface area (TPSA) is 61.8 Å². The van der Waals surface area contributed by atoms with Crippen molar-refractivity contribution in [3.05, 3.63) is 29.8 Å². The largest absolute Gasteiger partial charge is 0.396 e. The van der Waals surface area contributed by atoms with E-state index in [2.05, 4.69) is 10.2 Å². The number of amides is 1. The lowest BCUT2D eigenvalue weighted by Crippen LogP contribution is -2.41. The maximum absolute atomic E-state index is 12.0. The molecule has 1 fully saturated rings. The molecule has 1 saturated heterocycles. The van der Waals surface area contributed by atoms with Gasteiger partial charge in [-0.15, -0.1) is 0 Å². The number of likely N-dealkylation sites (tertiary alicyclic amines) is 1. The molecule has 1 aliphatic heterocycles. The van der Waals surface area contributed by atoms with Gasteiger partial charge in [0.05, 0.1) is 12.6 Å². The van der Waals surface area contributed by atoms with Gasteiger partial charge in [-0.1, -0.05) is 17.7 Å². The van der Waals surface area contributed by atoms with Crippen molar-refractivity contribution in [2.45, 2.75) is 32.3 Å². The monoisotopic (exact) mass is 306 g/mol. The Morgan fingerprint density at radius 1 is 1.32 bits per heavy atom. The molecule has 0 aromatic heterocycles. The Morgan fingerprint density at radius 3 is 2.64 bits per heavy atom. The first kappa shape index (κ1) is 16.9. The normalized spacial score (nSPS) is 16.6. The minimum absolute atomic E-state index is 0.0310. The smallest absolute Gasteiger partial charge is 0.238 e. The molecule has 1 aromatic rings. The van der Waals surface area contributed by atoms with Gasteiger partial charge in [0, 0.05) is 32.0 Å². The molecule has 1 amide bonds. The van der Waals surface area contributed by atoms with Gasteiger partial charge in [-0.2, -0.15) is 0 Å². The average molecular weight is 306 g/mol. The Kier molecular flexibility index (Phi) is 6.83. The second-order valence-electron chi connectivity index (χ2n) is 5.84. The molecule has 0 aliphatic carbocycles. The van der Waals surface area contributed by atoms with Crippen LogP contribution in [0.15, 0.2) is 24.3 Å². The summed E-state index contributed by atoms with van der Waals surface area (Å²) >= 11 is 0. The number of nitrogens with zero attached hydrogens (tertiary/aromatic N) is 1. The van der Waals surface area contributed by atoms with Gasteiger partial charge >= 0.3 is 0 Å². The molecule has 0 spiro atoms. The third-order valence-electron chi connectivity index (χ3n) is 3.89. The number of piperidine rings is 1. The van der Waals surface area contributed by atoms with Gasteiger partial charge in [-0.05, 0) is 38.3 Å². The van der Waals surface area contributed by atoms with Crippen molar-refractivity contribution in [1.82, 2.24) is 4.90 Å². The van der Waals surface area contributed by atoms with Gasteiger partial charge in [0.25, 0.3) is 0 Å². The van der Waals surface area contributed by atoms with E-state index < -0.39 is 0 Å². The van der Waals surface area contributed by atoms with E-state index in [4.69, 9.17) is 9.84 Å². The number of ether oxygens (including phenoxy) is 1. The summed E-state index contributed by atoms with van der Waals surface area (Å²) in [7, 11) is 0. The first-order chi connectivity index (χ1) is 10.7. The van der Waals surface area contributed by atoms with Crippen molar-refractivity contribution >= 4 is 11.6 Å². The van der Waals surface area contributed by atoms with Gasteiger partial charge in [-0.3, -0.25) is 9.69 Å². The average Bonchev–Trinajstić information content (AvgIpc) is 2.51. The number of anilines is 1. The summed E-state index contributed by atoms with van der Waals surface area (Å²) in [5.74, 6) is 0.0310. The van der Waals surface area contributed by atoms with E-state index in [1.165, 1.54) is 5.56 Å². The van der Waals surface area contributed by atoms with Crippen LogP contribution in [0, 0.1) is 6.92 Å². The highest BCUT2D eigenvalue weighted by Crippen LogP contribution is 2.14. The second kappa shape index (κ2) is 8.88. The Balaban J connectivity index is 1.67. The van der Waals surface area contributed by atoms with Crippen LogP contribution in [0.4, 0.5) is 5.69 Å². The molecule has 0 atom stereocenters. The fourth-order valence-corrected chi connectivity index (χ4v) is 2.59. The van der Waals surface area contributed by atoms with Crippen LogP contribution in [-0.2, 0) is 9.53 Å².